The minimum Gasteiger partial charge on any atom is -0.492 e. The highest BCUT2D eigenvalue weighted by Crippen LogP contribution is 2.34. The molecule has 1 aliphatic rings. The van der Waals surface area contributed by atoms with E-state index in [2.05, 4.69) is 18.6 Å². The zero-order valence-electron chi connectivity index (χ0n) is 12.0. The van der Waals surface area contributed by atoms with Crippen molar-refractivity contribution in [1.29, 1.82) is 0 Å². The third kappa shape index (κ3) is 3.43. The van der Waals surface area contributed by atoms with E-state index in [1.165, 1.54) is 6.07 Å². The van der Waals surface area contributed by atoms with Gasteiger partial charge in [-0.3, -0.25) is 0 Å². The maximum Gasteiger partial charge on any atom is 0.244 e. The predicted molar refractivity (Wildman–Crippen MR) is 79.3 cm³/mol. The van der Waals surface area contributed by atoms with Crippen LogP contribution < -0.4 is 15.2 Å². The second-order valence-corrected chi connectivity index (χ2v) is 7.27. The van der Waals surface area contributed by atoms with Gasteiger partial charge in [-0.05, 0) is 42.9 Å². The van der Waals surface area contributed by atoms with Crippen molar-refractivity contribution in [3.8, 4) is 5.75 Å². The van der Waals surface area contributed by atoms with Gasteiger partial charge in [-0.1, -0.05) is 13.8 Å². The number of nitrogens with two attached hydrogens (primary N) is 1. The number of fused-ring (bicyclic) bond motifs is 1. The van der Waals surface area contributed by atoms with E-state index in [1.54, 1.807) is 6.07 Å². The third-order valence-electron chi connectivity index (χ3n) is 3.29. The Kier molecular flexibility index (Phi) is 4.55. The maximum absolute atomic E-state index is 12.4. The second kappa shape index (κ2) is 6.01. The lowest BCUT2D eigenvalue weighted by Gasteiger charge is -2.21. The molecule has 0 aromatic heterocycles. The lowest BCUT2D eigenvalue weighted by molar-refractivity contribution is 0.280. The van der Waals surface area contributed by atoms with Crippen molar-refractivity contribution >= 4 is 15.7 Å². The second-order valence-electron chi connectivity index (χ2n) is 5.54. The van der Waals surface area contributed by atoms with E-state index in [4.69, 9.17) is 10.5 Å². The van der Waals surface area contributed by atoms with Crippen LogP contribution in [0.15, 0.2) is 17.0 Å². The molecule has 0 bridgehead atoms. The highest BCUT2D eigenvalue weighted by atomic mass is 32.2. The number of rotatable bonds is 5. The lowest BCUT2D eigenvalue weighted by Crippen LogP contribution is -2.27. The van der Waals surface area contributed by atoms with Crippen molar-refractivity contribution in [3.63, 3.8) is 0 Å². The van der Waals surface area contributed by atoms with E-state index in [0.717, 1.165) is 24.8 Å². The van der Waals surface area contributed by atoms with Gasteiger partial charge in [0.1, 0.15) is 10.6 Å². The monoisotopic (exact) mass is 298 g/mol. The molecule has 0 spiro atoms. The Labute approximate surface area is 120 Å². The Morgan fingerprint density at radius 1 is 1.40 bits per heavy atom. The molecular formula is C14H22N2O3S. The summed E-state index contributed by atoms with van der Waals surface area (Å²) in [6.07, 6.45) is 2.48. The number of nitrogens with one attached hydrogen (secondary N) is 1. The molecule has 0 saturated heterocycles. The molecule has 0 radical (unpaired) electrons. The summed E-state index contributed by atoms with van der Waals surface area (Å²) in [5.74, 6) is 0.909. The van der Waals surface area contributed by atoms with Crippen LogP contribution in [0.5, 0.6) is 5.75 Å². The van der Waals surface area contributed by atoms with E-state index in [1.807, 2.05) is 0 Å². The van der Waals surface area contributed by atoms with E-state index in [0.29, 0.717) is 30.5 Å². The molecule has 3 N–H and O–H groups in total. The van der Waals surface area contributed by atoms with Crippen molar-refractivity contribution in [2.24, 2.45) is 5.92 Å². The fourth-order valence-electron chi connectivity index (χ4n) is 2.23. The van der Waals surface area contributed by atoms with Crippen molar-refractivity contribution in [1.82, 2.24) is 4.72 Å². The fraction of sp³-hybridized carbons (Fsp3) is 0.571. The zero-order valence-corrected chi connectivity index (χ0v) is 12.8. The van der Waals surface area contributed by atoms with Gasteiger partial charge >= 0.3 is 0 Å². The largest absolute Gasteiger partial charge is 0.492 e. The van der Waals surface area contributed by atoms with E-state index < -0.39 is 10.0 Å². The normalized spacial score (nSPS) is 14.9. The van der Waals surface area contributed by atoms with Crippen LogP contribution in [-0.4, -0.2) is 21.6 Å². The van der Waals surface area contributed by atoms with Gasteiger partial charge in [-0.25, -0.2) is 13.1 Å². The van der Waals surface area contributed by atoms with Crippen LogP contribution in [-0.2, 0) is 16.4 Å². The lowest BCUT2D eigenvalue weighted by atomic mass is 10.1. The number of benzene rings is 1. The van der Waals surface area contributed by atoms with Crippen LogP contribution in [0.1, 0.15) is 32.3 Å². The van der Waals surface area contributed by atoms with Crippen molar-refractivity contribution in [3.05, 3.63) is 17.7 Å². The first-order valence-electron chi connectivity index (χ1n) is 6.95. The molecule has 1 heterocycles. The van der Waals surface area contributed by atoms with Crippen molar-refractivity contribution in [2.45, 2.75) is 38.0 Å². The Hall–Kier alpha value is -1.27. The molecular weight excluding hydrogens is 276 g/mol. The summed E-state index contributed by atoms with van der Waals surface area (Å²) < 4.78 is 33.0. The van der Waals surface area contributed by atoms with Crippen molar-refractivity contribution in [2.75, 3.05) is 18.9 Å². The Morgan fingerprint density at radius 2 is 2.15 bits per heavy atom. The number of anilines is 1. The van der Waals surface area contributed by atoms with Crippen LogP contribution in [0.3, 0.4) is 0 Å². The van der Waals surface area contributed by atoms with Crippen LogP contribution in [0, 0.1) is 5.92 Å². The molecule has 6 heteroatoms. The molecule has 0 atom stereocenters. The number of aryl methyl sites for hydroxylation is 1. The highest BCUT2D eigenvalue weighted by Gasteiger charge is 2.24. The number of hydrogen-bond acceptors (Lipinski definition) is 4. The van der Waals surface area contributed by atoms with Gasteiger partial charge < -0.3 is 10.5 Å². The summed E-state index contributed by atoms with van der Waals surface area (Å²) in [5, 5.41) is 0. The summed E-state index contributed by atoms with van der Waals surface area (Å²) >= 11 is 0. The molecule has 5 nitrogen and oxygen atoms in total. The molecule has 0 aliphatic carbocycles. The topological polar surface area (TPSA) is 81.4 Å². The molecule has 0 unspecified atom stereocenters. The SMILES string of the molecule is CC(C)CCNS(=O)(=O)c1cc(N)cc2c1OCCC2. The number of ether oxygens (including phenoxy) is 1. The number of sulfonamides is 1. The summed E-state index contributed by atoms with van der Waals surface area (Å²) in [4.78, 5) is 0.163. The Morgan fingerprint density at radius 3 is 2.85 bits per heavy atom. The molecule has 20 heavy (non-hydrogen) atoms. The predicted octanol–water partition coefficient (Wildman–Crippen LogP) is 1.92. The number of nitrogen functional groups attached to an aromatic ring is 1. The van der Waals surface area contributed by atoms with Crippen LogP contribution in [0.2, 0.25) is 0 Å². The maximum atomic E-state index is 12.4. The summed E-state index contributed by atoms with van der Waals surface area (Å²) in [6, 6.07) is 3.27. The fourth-order valence-corrected chi connectivity index (χ4v) is 3.50. The van der Waals surface area contributed by atoms with Gasteiger partial charge in [0.05, 0.1) is 6.61 Å². The van der Waals surface area contributed by atoms with Crippen LogP contribution >= 0.6 is 0 Å². The first-order chi connectivity index (χ1) is 9.40. The molecule has 0 amide bonds. The first kappa shape index (κ1) is 15.1. The van der Waals surface area contributed by atoms with Crippen molar-refractivity contribution < 1.29 is 13.2 Å². The zero-order chi connectivity index (χ0) is 14.8. The summed E-state index contributed by atoms with van der Waals surface area (Å²) in [7, 11) is -3.57. The Balaban J connectivity index is 2.29. The standard InChI is InChI=1S/C14H22N2O3S/c1-10(2)5-6-16-20(17,18)13-9-12(15)8-11-4-3-7-19-14(11)13/h8-10,16H,3-7,15H2,1-2H3. The minimum atomic E-state index is -3.57. The molecule has 1 aliphatic heterocycles. The number of hydrogen-bond donors (Lipinski definition) is 2. The summed E-state index contributed by atoms with van der Waals surface area (Å²) in [5.41, 5.74) is 7.14. The average molecular weight is 298 g/mol. The minimum absolute atomic E-state index is 0.163. The van der Waals surface area contributed by atoms with Gasteiger partial charge in [0.2, 0.25) is 10.0 Å². The molecule has 0 saturated carbocycles. The van der Waals surface area contributed by atoms with Gasteiger partial charge in [-0.2, -0.15) is 0 Å². The van der Waals surface area contributed by atoms with Gasteiger partial charge in [0.15, 0.2) is 0 Å². The first-order valence-corrected chi connectivity index (χ1v) is 8.43. The molecule has 0 fully saturated rings. The van der Waals surface area contributed by atoms with Crippen LogP contribution in [0.4, 0.5) is 5.69 Å². The summed E-state index contributed by atoms with van der Waals surface area (Å²) in [6.45, 7) is 5.08. The molecule has 2 rings (SSSR count). The highest BCUT2D eigenvalue weighted by molar-refractivity contribution is 7.89. The van der Waals surface area contributed by atoms with Gasteiger partial charge in [-0.15, -0.1) is 0 Å². The molecule has 1 aromatic rings. The Bertz CT molecular complexity index is 582. The van der Waals surface area contributed by atoms with E-state index in [-0.39, 0.29) is 4.90 Å². The average Bonchev–Trinajstić information content (AvgIpc) is 2.37. The third-order valence-corrected chi connectivity index (χ3v) is 4.76. The van der Waals surface area contributed by atoms with Gasteiger partial charge in [0.25, 0.3) is 0 Å². The molecule has 112 valence electrons. The van der Waals surface area contributed by atoms with E-state index in [9.17, 15) is 8.42 Å². The van der Waals surface area contributed by atoms with Crippen LogP contribution in [0.25, 0.3) is 0 Å². The van der Waals surface area contributed by atoms with E-state index >= 15 is 0 Å². The quantitative estimate of drug-likeness (QED) is 0.814. The van der Waals surface area contributed by atoms with Gasteiger partial charge in [0, 0.05) is 12.2 Å². The molecule has 1 aromatic carbocycles. The smallest absolute Gasteiger partial charge is 0.244 e.